The molecule has 0 aliphatic carbocycles. The van der Waals surface area contributed by atoms with Gasteiger partial charge in [-0.05, 0) is 32.9 Å². The first-order chi connectivity index (χ1) is 9.03. The Balaban J connectivity index is 2.27. The van der Waals surface area contributed by atoms with Crippen LogP contribution in [0.1, 0.15) is 20.8 Å². The molecular weight excluding hydrogens is 242 g/mol. The van der Waals surface area contributed by atoms with Gasteiger partial charge in [0, 0.05) is 6.08 Å². The van der Waals surface area contributed by atoms with Crippen molar-refractivity contribution in [3.8, 4) is 0 Å². The summed E-state index contributed by atoms with van der Waals surface area (Å²) in [5.74, 6) is 0.0741. The first kappa shape index (κ1) is 13.3. The second kappa shape index (κ2) is 5.26. The second-order valence-corrected chi connectivity index (χ2v) is 4.68. The first-order valence-corrected chi connectivity index (χ1v) is 6.25. The summed E-state index contributed by atoms with van der Waals surface area (Å²) in [7, 11) is 0. The number of benzene rings is 1. The summed E-state index contributed by atoms with van der Waals surface area (Å²) in [6.07, 6.45) is 1.64. The highest BCUT2D eigenvalue weighted by atomic mass is 16.5. The number of hydrogen-bond acceptors (Lipinski definition) is 4. The van der Waals surface area contributed by atoms with Crippen molar-refractivity contribution in [2.45, 2.75) is 26.4 Å². The maximum absolute atomic E-state index is 11.8. The van der Waals surface area contributed by atoms with Gasteiger partial charge in [-0.25, -0.2) is 9.79 Å². The van der Waals surface area contributed by atoms with Crippen LogP contribution in [-0.2, 0) is 14.3 Å². The number of hydrogen-bond donors (Lipinski definition) is 0. The molecule has 1 heterocycles. The molecule has 0 bridgehead atoms. The predicted molar refractivity (Wildman–Crippen MR) is 73.4 cm³/mol. The van der Waals surface area contributed by atoms with Crippen molar-refractivity contribution in [1.82, 2.24) is 0 Å². The van der Waals surface area contributed by atoms with Gasteiger partial charge in [0.1, 0.15) is 5.60 Å². The smallest absolute Gasteiger partial charge is 0.338 e. The molecule has 1 aliphatic heterocycles. The van der Waals surface area contributed by atoms with Gasteiger partial charge in [0.05, 0.1) is 17.9 Å². The third kappa shape index (κ3) is 3.02. The molecule has 0 saturated carbocycles. The van der Waals surface area contributed by atoms with Crippen molar-refractivity contribution >= 4 is 17.6 Å². The molecule has 0 amide bonds. The minimum Gasteiger partial charge on any atom is -0.466 e. The van der Waals surface area contributed by atoms with Crippen LogP contribution in [-0.4, -0.2) is 24.1 Å². The number of carbonyl (C=O) groups is 1. The van der Waals surface area contributed by atoms with Crippen LogP contribution >= 0.6 is 0 Å². The summed E-state index contributed by atoms with van der Waals surface area (Å²) < 4.78 is 10.7. The zero-order chi connectivity index (χ0) is 13.9. The molecule has 0 fully saturated rings. The molecule has 4 heteroatoms. The molecule has 1 aliphatic rings. The molecule has 2 rings (SSSR count). The van der Waals surface area contributed by atoms with Gasteiger partial charge in [-0.15, -0.1) is 0 Å². The van der Waals surface area contributed by atoms with Gasteiger partial charge in [0.25, 0.3) is 0 Å². The monoisotopic (exact) mass is 259 g/mol. The van der Waals surface area contributed by atoms with Crippen LogP contribution in [0.4, 0.5) is 5.69 Å². The summed E-state index contributed by atoms with van der Waals surface area (Å²) in [4.78, 5) is 16.2. The van der Waals surface area contributed by atoms with Crippen LogP contribution in [0.3, 0.4) is 0 Å². The fraction of sp³-hybridized carbons (Fsp3) is 0.333. The molecule has 0 N–H and O–H groups in total. The molecule has 19 heavy (non-hydrogen) atoms. The van der Waals surface area contributed by atoms with Crippen LogP contribution in [0.15, 0.2) is 47.0 Å². The van der Waals surface area contributed by atoms with Crippen molar-refractivity contribution < 1.29 is 14.3 Å². The number of esters is 1. The quantitative estimate of drug-likeness (QED) is 0.784. The maximum Gasteiger partial charge on any atom is 0.338 e. The number of para-hydroxylation sites is 1. The normalized spacial score (nSPS) is 18.9. The van der Waals surface area contributed by atoms with E-state index in [-0.39, 0.29) is 5.97 Å². The van der Waals surface area contributed by atoms with E-state index in [4.69, 9.17) is 9.47 Å². The molecule has 1 aromatic rings. The highest BCUT2D eigenvalue weighted by Crippen LogP contribution is 2.30. The van der Waals surface area contributed by atoms with Crippen LogP contribution in [0.25, 0.3) is 0 Å². The lowest BCUT2D eigenvalue weighted by Gasteiger charge is -2.20. The van der Waals surface area contributed by atoms with Gasteiger partial charge in [-0.1, -0.05) is 18.2 Å². The summed E-state index contributed by atoms with van der Waals surface area (Å²) in [5, 5.41) is 0. The number of carbonyl (C=O) groups excluding carboxylic acids is 1. The van der Waals surface area contributed by atoms with E-state index in [0.717, 1.165) is 5.69 Å². The average molecular weight is 259 g/mol. The largest absolute Gasteiger partial charge is 0.466 e. The second-order valence-electron chi connectivity index (χ2n) is 4.68. The van der Waals surface area contributed by atoms with E-state index in [1.807, 2.05) is 44.2 Å². The summed E-state index contributed by atoms with van der Waals surface area (Å²) in [6, 6.07) is 9.47. The zero-order valence-electron chi connectivity index (χ0n) is 11.3. The molecule has 0 saturated heterocycles. The van der Waals surface area contributed by atoms with E-state index >= 15 is 0 Å². The molecule has 0 aromatic heterocycles. The molecule has 1 aromatic carbocycles. The fourth-order valence-corrected chi connectivity index (χ4v) is 1.84. The van der Waals surface area contributed by atoms with Crippen molar-refractivity contribution in [2.75, 3.05) is 6.61 Å². The van der Waals surface area contributed by atoms with Gasteiger partial charge in [-0.3, -0.25) is 0 Å². The topological polar surface area (TPSA) is 47.9 Å². The lowest BCUT2D eigenvalue weighted by atomic mass is 10.00. The van der Waals surface area contributed by atoms with Crippen LogP contribution in [0.5, 0.6) is 0 Å². The Morgan fingerprint density at radius 2 is 2.00 bits per heavy atom. The molecule has 0 unspecified atom stereocenters. The van der Waals surface area contributed by atoms with E-state index in [2.05, 4.69) is 4.99 Å². The number of aliphatic imine (C=N–C) groups is 1. The minimum atomic E-state index is -0.708. The standard InChI is InChI=1S/C15H17NO3/c1-4-18-14(17)12-10-13(19-15(12,2)3)16-11-8-6-5-7-9-11/h5-10H,4H2,1-3H3. The Kier molecular flexibility index (Phi) is 3.69. The molecular formula is C15H17NO3. The van der Waals surface area contributed by atoms with Crippen LogP contribution < -0.4 is 0 Å². The lowest BCUT2D eigenvalue weighted by molar-refractivity contribution is -0.140. The predicted octanol–water partition coefficient (Wildman–Crippen LogP) is 3.01. The van der Waals surface area contributed by atoms with E-state index in [1.165, 1.54) is 0 Å². The van der Waals surface area contributed by atoms with E-state index in [9.17, 15) is 4.79 Å². The molecule has 100 valence electrons. The fourth-order valence-electron chi connectivity index (χ4n) is 1.84. The molecule has 0 radical (unpaired) electrons. The summed E-state index contributed by atoms with van der Waals surface area (Å²) >= 11 is 0. The van der Waals surface area contributed by atoms with Gasteiger partial charge >= 0.3 is 5.97 Å². The Labute approximate surface area is 112 Å². The molecule has 4 nitrogen and oxygen atoms in total. The minimum absolute atomic E-state index is 0.345. The van der Waals surface area contributed by atoms with Gasteiger partial charge in [-0.2, -0.15) is 0 Å². The maximum atomic E-state index is 11.8. The average Bonchev–Trinajstić information content (AvgIpc) is 2.66. The lowest BCUT2D eigenvalue weighted by Crippen LogP contribution is -2.28. The first-order valence-electron chi connectivity index (χ1n) is 6.25. The van der Waals surface area contributed by atoms with Crippen LogP contribution in [0, 0.1) is 0 Å². The zero-order valence-corrected chi connectivity index (χ0v) is 11.3. The van der Waals surface area contributed by atoms with Crippen molar-refractivity contribution in [1.29, 1.82) is 0 Å². The Bertz CT molecular complexity index is 530. The van der Waals surface area contributed by atoms with E-state index in [1.54, 1.807) is 13.0 Å². The molecule has 0 spiro atoms. The summed E-state index contributed by atoms with van der Waals surface area (Å²) in [5.41, 5.74) is 0.568. The third-order valence-electron chi connectivity index (χ3n) is 2.77. The number of ether oxygens (including phenoxy) is 2. The van der Waals surface area contributed by atoms with E-state index in [0.29, 0.717) is 18.1 Å². The Hall–Kier alpha value is -2.10. The van der Waals surface area contributed by atoms with E-state index < -0.39 is 5.60 Å². The SMILES string of the molecule is CCOC(=O)C1=CC(=Nc2ccccc2)OC1(C)C. The van der Waals surface area contributed by atoms with Crippen molar-refractivity contribution in [3.63, 3.8) is 0 Å². The third-order valence-corrected chi connectivity index (χ3v) is 2.77. The highest BCUT2D eigenvalue weighted by molar-refractivity contribution is 6.04. The van der Waals surface area contributed by atoms with Gasteiger partial charge in [0.2, 0.25) is 5.90 Å². The van der Waals surface area contributed by atoms with Gasteiger partial charge in [0.15, 0.2) is 0 Å². The Morgan fingerprint density at radius 3 is 2.63 bits per heavy atom. The van der Waals surface area contributed by atoms with Crippen molar-refractivity contribution in [3.05, 3.63) is 42.0 Å². The highest BCUT2D eigenvalue weighted by Gasteiger charge is 2.38. The van der Waals surface area contributed by atoms with Crippen LogP contribution in [0.2, 0.25) is 0 Å². The number of nitrogens with zero attached hydrogens (tertiary/aromatic N) is 1. The Morgan fingerprint density at radius 1 is 1.32 bits per heavy atom. The van der Waals surface area contributed by atoms with Gasteiger partial charge < -0.3 is 9.47 Å². The number of rotatable bonds is 3. The molecule has 0 atom stereocenters. The summed E-state index contributed by atoms with van der Waals surface area (Å²) in [6.45, 7) is 5.77. The van der Waals surface area contributed by atoms with Crippen molar-refractivity contribution in [2.24, 2.45) is 4.99 Å².